The van der Waals surface area contributed by atoms with Gasteiger partial charge in [-0.05, 0) is 26.2 Å². The van der Waals surface area contributed by atoms with Crippen LogP contribution in [-0.4, -0.2) is 42.5 Å². The molecule has 1 aliphatic heterocycles. The molecule has 0 atom stereocenters. The molecule has 1 aliphatic carbocycles. The van der Waals surface area contributed by atoms with Crippen LogP contribution in [0.4, 0.5) is 4.79 Å². The number of carbonyl (C=O) groups is 2. The molecular formula is C15H25N3O2. The van der Waals surface area contributed by atoms with Crippen molar-refractivity contribution in [2.24, 2.45) is 0 Å². The second kappa shape index (κ2) is 7.31. The Bertz CT molecular complexity index is 387. The van der Waals surface area contributed by atoms with Crippen LogP contribution in [-0.2, 0) is 4.79 Å². The molecule has 2 N–H and O–H groups in total. The molecule has 20 heavy (non-hydrogen) atoms. The summed E-state index contributed by atoms with van der Waals surface area (Å²) in [7, 11) is 0. The highest BCUT2D eigenvalue weighted by Crippen LogP contribution is 2.18. The van der Waals surface area contributed by atoms with E-state index in [0.717, 1.165) is 18.4 Å². The van der Waals surface area contributed by atoms with E-state index in [9.17, 15) is 9.59 Å². The first kappa shape index (κ1) is 14.9. The summed E-state index contributed by atoms with van der Waals surface area (Å²) < 4.78 is 0. The molecule has 1 fully saturated rings. The molecule has 112 valence electrons. The standard InChI is InChI=1S/C15H25N3O2/c1-2-16-14(19)12-8-10-18(11-9-12)15(20)17-13-6-4-3-5-7-13/h8,13H,2-7,9-11H2,1H3,(H,16,19)(H,17,20). The predicted octanol–water partition coefficient (Wildman–Crippen LogP) is 1.80. The molecule has 0 aromatic heterocycles. The van der Waals surface area contributed by atoms with Crippen molar-refractivity contribution in [3.63, 3.8) is 0 Å². The third-order valence-electron chi connectivity index (χ3n) is 4.06. The van der Waals surface area contributed by atoms with Gasteiger partial charge in [0.2, 0.25) is 5.91 Å². The van der Waals surface area contributed by atoms with Crippen LogP contribution < -0.4 is 10.6 Å². The van der Waals surface area contributed by atoms with Crippen molar-refractivity contribution in [2.75, 3.05) is 19.6 Å². The molecule has 0 unspecified atom stereocenters. The minimum absolute atomic E-state index is 0.000149. The Morgan fingerprint density at radius 2 is 2.05 bits per heavy atom. The summed E-state index contributed by atoms with van der Waals surface area (Å²) in [5.41, 5.74) is 0.800. The van der Waals surface area contributed by atoms with E-state index in [1.165, 1.54) is 19.3 Å². The van der Waals surface area contributed by atoms with Crippen LogP contribution >= 0.6 is 0 Å². The Kier molecular flexibility index (Phi) is 5.44. The maximum atomic E-state index is 12.2. The van der Waals surface area contributed by atoms with E-state index in [1.54, 1.807) is 4.90 Å². The van der Waals surface area contributed by atoms with E-state index in [0.29, 0.717) is 32.1 Å². The number of rotatable bonds is 3. The number of nitrogens with one attached hydrogen (secondary N) is 2. The summed E-state index contributed by atoms with van der Waals surface area (Å²) >= 11 is 0. The fourth-order valence-corrected chi connectivity index (χ4v) is 2.85. The molecule has 0 radical (unpaired) electrons. The number of hydrogen-bond acceptors (Lipinski definition) is 2. The average Bonchev–Trinajstić information content (AvgIpc) is 2.48. The van der Waals surface area contributed by atoms with Gasteiger partial charge in [0, 0.05) is 31.2 Å². The molecule has 3 amide bonds. The normalized spacial score (nSPS) is 20.2. The van der Waals surface area contributed by atoms with Gasteiger partial charge >= 0.3 is 6.03 Å². The maximum absolute atomic E-state index is 12.2. The van der Waals surface area contributed by atoms with Crippen molar-refractivity contribution in [1.82, 2.24) is 15.5 Å². The van der Waals surface area contributed by atoms with Gasteiger partial charge in [0.15, 0.2) is 0 Å². The van der Waals surface area contributed by atoms with Crippen LogP contribution in [0, 0.1) is 0 Å². The average molecular weight is 279 g/mol. The van der Waals surface area contributed by atoms with E-state index < -0.39 is 0 Å². The highest BCUT2D eigenvalue weighted by molar-refractivity contribution is 5.93. The number of nitrogens with zero attached hydrogens (tertiary/aromatic N) is 1. The van der Waals surface area contributed by atoms with Crippen molar-refractivity contribution in [3.05, 3.63) is 11.6 Å². The molecule has 0 spiro atoms. The quantitative estimate of drug-likeness (QED) is 0.827. The minimum atomic E-state index is -0.000149. The summed E-state index contributed by atoms with van der Waals surface area (Å²) in [6.07, 6.45) is 8.42. The maximum Gasteiger partial charge on any atom is 0.317 e. The second-order valence-corrected chi connectivity index (χ2v) is 5.57. The summed E-state index contributed by atoms with van der Waals surface area (Å²) in [6, 6.07) is 0.355. The molecular weight excluding hydrogens is 254 g/mol. The van der Waals surface area contributed by atoms with Gasteiger partial charge in [-0.15, -0.1) is 0 Å². The van der Waals surface area contributed by atoms with Crippen LogP contribution in [0.3, 0.4) is 0 Å². The van der Waals surface area contributed by atoms with E-state index in [4.69, 9.17) is 0 Å². The predicted molar refractivity (Wildman–Crippen MR) is 78.4 cm³/mol. The monoisotopic (exact) mass is 279 g/mol. The van der Waals surface area contributed by atoms with Crippen LogP contribution in [0.15, 0.2) is 11.6 Å². The van der Waals surface area contributed by atoms with E-state index in [2.05, 4.69) is 10.6 Å². The second-order valence-electron chi connectivity index (χ2n) is 5.57. The first-order valence-corrected chi connectivity index (χ1v) is 7.73. The molecule has 0 bridgehead atoms. The van der Waals surface area contributed by atoms with Gasteiger partial charge in [-0.2, -0.15) is 0 Å². The van der Waals surface area contributed by atoms with Crippen LogP contribution in [0.25, 0.3) is 0 Å². The van der Waals surface area contributed by atoms with E-state index in [-0.39, 0.29) is 11.9 Å². The molecule has 0 aromatic carbocycles. The van der Waals surface area contributed by atoms with Crippen molar-refractivity contribution >= 4 is 11.9 Å². The lowest BCUT2D eigenvalue weighted by molar-refractivity contribution is -0.117. The highest BCUT2D eigenvalue weighted by atomic mass is 16.2. The van der Waals surface area contributed by atoms with Crippen LogP contribution in [0.1, 0.15) is 45.4 Å². The van der Waals surface area contributed by atoms with Crippen molar-refractivity contribution in [2.45, 2.75) is 51.5 Å². The zero-order valence-electron chi connectivity index (χ0n) is 12.3. The summed E-state index contributed by atoms with van der Waals surface area (Å²) in [4.78, 5) is 25.6. The minimum Gasteiger partial charge on any atom is -0.353 e. The Balaban J connectivity index is 1.80. The van der Waals surface area contributed by atoms with E-state index in [1.807, 2.05) is 13.0 Å². The third-order valence-corrected chi connectivity index (χ3v) is 4.06. The van der Waals surface area contributed by atoms with Crippen LogP contribution in [0.2, 0.25) is 0 Å². The van der Waals surface area contributed by atoms with Gasteiger partial charge in [-0.25, -0.2) is 4.79 Å². The van der Waals surface area contributed by atoms with Gasteiger partial charge in [0.1, 0.15) is 0 Å². The number of carbonyl (C=O) groups excluding carboxylic acids is 2. The Morgan fingerprint density at radius 3 is 2.65 bits per heavy atom. The van der Waals surface area contributed by atoms with Gasteiger partial charge in [-0.1, -0.05) is 25.3 Å². The van der Waals surface area contributed by atoms with Crippen molar-refractivity contribution in [3.8, 4) is 0 Å². The molecule has 5 heteroatoms. The molecule has 1 saturated carbocycles. The molecule has 5 nitrogen and oxygen atoms in total. The molecule has 1 heterocycles. The topological polar surface area (TPSA) is 61.4 Å². The Morgan fingerprint density at radius 1 is 1.30 bits per heavy atom. The third kappa shape index (κ3) is 3.99. The summed E-state index contributed by atoms with van der Waals surface area (Å²) in [5.74, 6) is -0.000149. The first-order chi connectivity index (χ1) is 9.70. The van der Waals surface area contributed by atoms with Gasteiger partial charge in [0.05, 0.1) is 0 Å². The van der Waals surface area contributed by atoms with Crippen LogP contribution in [0.5, 0.6) is 0 Å². The smallest absolute Gasteiger partial charge is 0.317 e. The fraction of sp³-hybridized carbons (Fsp3) is 0.733. The molecule has 2 rings (SSSR count). The Hall–Kier alpha value is -1.52. The SMILES string of the molecule is CCNC(=O)C1=CCN(C(=O)NC2CCCCC2)CC1. The molecule has 0 aromatic rings. The summed E-state index contributed by atoms with van der Waals surface area (Å²) in [5, 5.41) is 5.91. The van der Waals surface area contributed by atoms with Gasteiger partial charge in [0.25, 0.3) is 0 Å². The zero-order chi connectivity index (χ0) is 14.4. The van der Waals surface area contributed by atoms with Gasteiger partial charge in [-0.3, -0.25) is 4.79 Å². The molecule has 2 aliphatic rings. The van der Waals surface area contributed by atoms with Crippen molar-refractivity contribution in [1.29, 1.82) is 0 Å². The fourth-order valence-electron chi connectivity index (χ4n) is 2.85. The number of likely N-dealkylation sites (N-methyl/N-ethyl adjacent to an activating group) is 1. The Labute approximate surface area is 120 Å². The lowest BCUT2D eigenvalue weighted by Crippen LogP contribution is -2.47. The summed E-state index contributed by atoms with van der Waals surface area (Å²) in [6.45, 7) is 3.71. The lowest BCUT2D eigenvalue weighted by atomic mass is 9.96. The number of urea groups is 1. The highest BCUT2D eigenvalue weighted by Gasteiger charge is 2.22. The largest absolute Gasteiger partial charge is 0.353 e. The number of amides is 3. The first-order valence-electron chi connectivity index (χ1n) is 7.73. The van der Waals surface area contributed by atoms with Gasteiger partial charge < -0.3 is 15.5 Å². The van der Waals surface area contributed by atoms with Crippen molar-refractivity contribution < 1.29 is 9.59 Å². The molecule has 0 saturated heterocycles. The zero-order valence-corrected chi connectivity index (χ0v) is 12.3. The van der Waals surface area contributed by atoms with E-state index >= 15 is 0 Å². The lowest BCUT2D eigenvalue weighted by Gasteiger charge is -2.30. The number of hydrogen-bond donors (Lipinski definition) is 2.